The maximum Gasteiger partial charge on any atom is 0.257 e. The first-order valence-electron chi connectivity index (χ1n) is 8.83. The summed E-state index contributed by atoms with van der Waals surface area (Å²) in [6.45, 7) is 12.2. The van der Waals surface area contributed by atoms with E-state index in [1.165, 1.54) is 0 Å². The van der Waals surface area contributed by atoms with Crippen molar-refractivity contribution in [1.29, 1.82) is 0 Å². The maximum atomic E-state index is 12.7. The zero-order valence-electron chi connectivity index (χ0n) is 15.6. The van der Waals surface area contributed by atoms with Crippen LogP contribution >= 0.6 is 0 Å². The van der Waals surface area contributed by atoms with E-state index in [0.717, 1.165) is 29.9 Å². The van der Waals surface area contributed by atoms with Crippen LogP contribution in [0, 0.1) is 0 Å². The molecule has 1 aromatic rings. The molecule has 2 aliphatic rings. The lowest BCUT2D eigenvalue weighted by Gasteiger charge is -2.20. The maximum absolute atomic E-state index is 12.7. The van der Waals surface area contributed by atoms with E-state index in [1.807, 2.05) is 38.2 Å². The van der Waals surface area contributed by atoms with Crippen LogP contribution in [0.1, 0.15) is 20.3 Å². The SMILES string of the molecule is C=C/C=C(\C=C/C)Nc1ncc2c(n1)N1CC/C(=C/C)C1=C(C=C)C(=O)N2. The zero-order valence-corrected chi connectivity index (χ0v) is 15.6. The van der Waals surface area contributed by atoms with Crippen LogP contribution in [0.2, 0.25) is 0 Å². The predicted molar refractivity (Wildman–Crippen MR) is 110 cm³/mol. The van der Waals surface area contributed by atoms with Gasteiger partial charge in [0.15, 0.2) is 5.82 Å². The minimum Gasteiger partial charge on any atom is -0.324 e. The van der Waals surface area contributed by atoms with Crippen LogP contribution in [0.4, 0.5) is 17.5 Å². The first-order valence-corrected chi connectivity index (χ1v) is 8.83. The average molecular weight is 361 g/mol. The number of hydrogen-bond donors (Lipinski definition) is 2. The Morgan fingerprint density at radius 3 is 2.85 bits per heavy atom. The third-order valence-corrected chi connectivity index (χ3v) is 4.40. The summed E-state index contributed by atoms with van der Waals surface area (Å²) in [5.74, 6) is 0.919. The molecule has 2 aliphatic heterocycles. The smallest absolute Gasteiger partial charge is 0.257 e. The van der Waals surface area contributed by atoms with E-state index in [1.54, 1.807) is 18.3 Å². The standard InChI is InChI=1S/C21H23N5O/c1-5-9-15(10-6-2)23-21-22-13-17-19(25-21)26-12-11-14(7-3)18(26)16(8-4)20(27)24-17/h5-10,13H,1,4,11-12H2,2-3H3,(H,24,27)(H,22,23,25)/b10-6-,14-7-,15-9+. The fourth-order valence-corrected chi connectivity index (χ4v) is 3.24. The quantitative estimate of drug-likeness (QED) is 0.773. The van der Waals surface area contributed by atoms with Crippen molar-refractivity contribution in [3.8, 4) is 0 Å². The molecule has 0 aliphatic carbocycles. The number of fused-ring (bicyclic) bond motifs is 3. The number of nitrogens with zero attached hydrogens (tertiary/aromatic N) is 3. The van der Waals surface area contributed by atoms with Gasteiger partial charge >= 0.3 is 0 Å². The molecule has 6 nitrogen and oxygen atoms in total. The van der Waals surface area contributed by atoms with E-state index in [9.17, 15) is 4.79 Å². The van der Waals surface area contributed by atoms with Gasteiger partial charge in [0.25, 0.3) is 5.91 Å². The lowest BCUT2D eigenvalue weighted by Crippen LogP contribution is -2.19. The first kappa shape index (κ1) is 18.4. The van der Waals surface area contributed by atoms with Crippen LogP contribution in [-0.4, -0.2) is 22.4 Å². The van der Waals surface area contributed by atoms with Crippen molar-refractivity contribution in [2.45, 2.75) is 20.3 Å². The van der Waals surface area contributed by atoms with Gasteiger partial charge in [0.1, 0.15) is 5.69 Å². The lowest BCUT2D eigenvalue weighted by atomic mass is 10.1. The molecule has 0 bridgehead atoms. The average Bonchev–Trinajstić information content (AvgIpc) is 3.03. The molecule has 3 heterocycles. The minimum atomic E-state index is -0.199. The molecule has 2 N–H and O–H groups in total. The largest absolute Gasteiger partial charge is 0.324 e. The third-order valence-electron chi connectivity index (χ3n) is 4.40. The summed E-state index contributed by atoms with van der Waals surface area (Å²) in [4.78, 5) is 23.7. The molecule has 3 rings (SSSR count). The molecule has 138 valence electrons. The van der Waals surface area contributed by atoms with Gasteiger partial charge in [-0.2, -0.15) is 4.98 Å². The van der Waals surface area contributed by atoms with Crippen molar-refractivity contribution in [3.05, 3.63) is 78.4 Å². The van der Waals surface area contributed by atoms with Crippen molar-refractivity contribution in [1.82, 2.24) is 9.97 Å². The van der Waals surface area contributed by atoms with Crippen molar-refractivity contribution < 1.29 is 4.79 Å². The highest BCUT2D eigenvalue weighted by atomic mass is 16.1. The van der Waals surface area contributed by atoms with E-state index in [4.69, 9.17) is 0 Å². The number of nitrogens with one attached hydrogen (secondary N) is 2. The van der Waals surface area contributed by atoms with Gasteiger partial charge in [-0.05, 0) is 38.0 Å². The van der Waals surface area contributed by atoms with E-state index in [2.05, 4.69) is 38.7 Å². The molecule has 1 amide bonds. The molecule has 0 atom stereocenters. The Hall–Kier alpha value is -3.41. The van der Waals surface area contributed by atoms with Gasteiger partial charge in [0.2, 0.25) is 5.95 Å². The molecule has 1 saturated heterocycles. The van der Waals surface area contributed by atoms with Crippen LogP contribution in [-0.2, 0) is 4.79 Å². The molecular weight excluding hydrogens is 338 g/mol. The summed E-state index contributed by atoms with van der Waals surface area (Å²) in [5.41, 5.74) is 3.93. The van der Waals surface area contributed by atoms with Crippen molar-refractivity contribution in [3.63, 3.8) is 0 Å². The second-order valence-electron chi connectivity index (χ2n) is 6.05. The first-order chi connectivity index (χ1) is 13.1. The summed E-state index contributed by atoms with van der Waals surface area (Å²) in [6.07, 6.45) is 13.5. The Morgan fingerprint density at radius 2 is 2.19 bits per heavy atom. The second kappa shape index (κ2) is 7.86. The highest BCUT2D eigenvalue weighted by molar-refractivity contribution is 6.10. The number of aromatic nitrogens is 2. The van der Waals surface area contributed by atoms with Crippen LogP contribution in [0.5, 0.6) is 0 Å². The number of hydrogen-bond acceptors (Lipinski definition) is 5. The van der Waals surface area contributed by atoms with E-state index in [-0.39, 0.29) is 5.91 Å². The molecular formula is C21H23N5O. The molecule has 1 aromatic heterocycles. The van der Waals surface area contributed by atoms with Gasteiger partial charge in [-0.1, -0.05) is 37.5 Å². The second-order valence-corrected chi connectivity index (χ2v) is 6.05. The highest BCUT2D eigenvalue weighted by Gasteiger charge is 2.33. The molecule has 27 heavy (non-hydrogen) atoms. The number of carbonyl (C=O) groups is 1. The minimum absolute atomic E-state index is 0.199. The Morgan fingerprint density at radius 1 is 1.37 bits per heavy atom. The zero-order chi connectivity index (χ0) is 19.4. The lowest BCUT2D eigenvalue weighted by molar-refractivity contribution is -0.112. The topological polar surface area (TPSA) is 70.2 Å². The van der Waals surface area contributed by atoms with E-state index >= 15 is 0 Å². The van der Waals surface area contributed by atoms with Gasteiger partial charge in [0, 0.05) is 12.2 Å². The Balaban J connectivity index is 2.08. The molecule has 0 saturated carbocycles. The Labute approximate surface area is 159 Å². The monoisotopic (exact) mass is 361 g/mol. The van der Waals surface area contributed by atoms with E-state index < -0.39 is 0 Å². The van der Waals surface area contributed by atoms with Gasteiger partial charge in [-0.15, -0.1) is 0 Å². The number of allylic oxidation sites excluding steroid dienone is 6. The highest BCUT2D eigenvalue weighted by Crippen LogP contribution is 2.40. The van der Waals surface area contributed by atoms with Gasteiger partial charge in [-0.3, -0.25) is 4.79 Å². The van der Waals surface area contributed by atoms with Gasteiger partial charge in [0.05, 0.1) is 17.5 Å². The van der Waals surface area contributed by atoms with Crippen LogP contribution in [0.15, 0.2) is 78.4 Å². The van der Waals surface area contributed by atoms with Gasteiger partial charge < -0.3 is 15.5 Å². The molecule has 1 fully saturated rings. The summed E-state index contributed by atoms with van der Waals surface area (Å²) in [7, 11) is 0. The Kier molecular flexibility index (Phi) is 5.35. The van der Waals surface area contributed by atoms with Crippen LogP contribution in [0.25, 0.3) is 0 Å². The van der Waals surface area contributed by atoms with Crippen LogP contribution < -0.4 is 15.5 Å². The number of amides is 1. The molecule has 0 aromatic carbocycles. The van der Waals surface area contributed by atoms with Crippen molar-refractivity contribution in [2.24, 2.45) is 0 Å². The molecule has 0 unspecified atom stereocenters. The number of anilines is 3. The summed E-state index contributed by atoms with van der Waals surface area (Å²) in [5, 5.41) is 6.08. The normalized spacial score (nSPS) is 18.3. The summed E-state index contributed by atoms with van der Waals surface area (Å²) in [6, 6.07) is 0. The van der Waals surface area contributed by atoms with Crippen LogP contribution in [0.3, 0.4) is 0 Å². The summed E-state index contributed by atoms with van der Waals surface area (Å²) < 4.78 is 0. The molecule has 0 spiro atoms. The fraction of sp³-hybridized carbons (Fsp3) is 0.190. The number of carbonyl (C=O) groups excluding carboxylic acids is 1. The summed E-state index contributed by atoms with van der Waals surface area (Å²) >= 11 is 0. The molecule has 6 heteroatoms. The fourth-order valence-electron chi connectivity index (χ4n) is 3.24. The molecule has 0 radical (unpaired) electrons. The van der Waals surface area contributed by atoms with Crippen molar-refractivity contribution >= 4 is 23.4 Å². The Bertz CT molecular complexity index is 920. The third kappa shape index (κ3) is 3.46. The predicted octanol–water partition coefficient (Wildman–Crippen LogP) is 4.08. The van der Waals surface area contributed by atoms with E-state index in [0.29, 0.717) is 23.0 Å². The van der Waals surface area contributed by atoms with Crippen molar-refractivity contribution in [2.75, 3.05) is 22.1 Å². The number of rotatable bonds is 5. The van der Waals surface area contributed by atoms with Gasteiger partial charge in [-0.25, -0.2) is 4.98 Å².